The predicted molar refractivity (Wildman–Crippen MR) is 112 cm³/mol. The lowest BCUT2D eigenvalue weighted by molar-refractivity contribution is 0.00793. The summed E-state index contributed by atoms with van der Waals surface area (Å²) in [6.45, 7) is 4.07. The fourth-order valence-electron chi connectivity index (χ4n) is 6.26. The quantitative estimate of drug-likeness (QED) is 0.810. The van der Waals surface area contributed by atoms with Crippen LogP contribution in [0.5, 0.6) is 0 Å². The van der Waals surface area contributed by atoms with E-state index in [2.05, 4.69) is 45.5 Å². The Labute approximate surface area is 169 Å². The molecule has 1 N–H and O–H groups in total. The van der Waals surface area contributed by atoms with E-state index in [0.29, 0.717) is 18.5 Å². The van der Waals surface area contributed by atoms with Crippen LogP contribution in [0.2, 0.25) is 0 Å². The summed E-state index contributed by atoms with van der Waals surface area (Å²) in [7, 11) is 0. The van der Waals surface area contributed by atoms with Crippen molar-refractivity contribution in [2.45, 2.75) is 57.0 Å². The number of rotatable bonds is 3. The third-order valence-electron chi connectivity index (χ3n) is 7.45. The number of hydrogen-bond acceptors (Lipinski definition) is 2. The Bertz CT molecular complexity index is 731. The van der Waals surface area contributed by atoms with E-state index < -0.39 is 0 Å². The molecule has 4 nitrogen and oxygen atoms in total. The van der Waals surface area contributed by atoms with Crippen LogP contribution in [0.25, 0.3) is 0 Å². The maximum atomic E-state index is 13.1. The standard InChI is InChI=1S/C24H33N3O/c28-24(25-12-11-18-7-2-1-3-8-18)27-14-6-9-19-15-20-16-21(23(19)27)17-26-13-5-4-10-22(20)26/h1-3,7-8,15,20-23H,4-6,9-14,16-17H2,(H,25,28)/t20-,21-,22-,23+/m1/s1. The Morgan fingerprint density at radius 3 is 2.89 bits per heavy atom. The topological polar surface area (TPSA) is 35.6 Å². The van der Waals surface area contributed by atoms with Gasteiger partial charge in [0.2, 0.25) is 0 Å². The van der Waals surface area contributed by atoms with E-state index in [1.807, 2.05) is 6.07 Å². The van der Waals surface area contributed by atoms with E-state index in [9.17, 15) is 4.79 Å². The number of carbonyl (C=O) groups excluding carboxylic acids is 1. The van der Waals surface area contributed by atoms with Gasteiger partial charge >= 0.3 is 6.03 Å². The minimum Gasteiger partial charge on any atom is -0.338 e. The zero-order chi connectivity index (χ0) is 18.9. The molecule has 0 aromatic heterocycles. The molecule has 0 saturated carbocycles. The minimum atomic E-state index is 0.144. The van der Waals surface area contributed by atoms with Crippen molar-refractivity contribution in [2.75, 3.05) is 26.2 Å². The monoisotopic (exact) mass is 379 g/mol. The first-order valence-electron chi connectivity index (χ1n) is 11.3. The highest BCUT2D eigenvalue weighted by Gasteiger charge is 2.46. The van der Waals surface area contributed by atoms with Crippen LogP contribution in [-0.4, -0.2) is 54.1 Å². The van der Waals surface area contributed by atoms with Crippen molar-refractivity contribution in [3.63, 3.8) is 0 Å². The zero-order valence-corrected chi connectivity index (χ0v) is 16.9. The molecule has 1 aromatic carbocycles. The molecule has 0 spiro atoms. The minimum absolute atomic E-state index is 0.144. The van der Waals surface area contributed by atoms with Crippen LogP contribution in [0.1, 0.15) is 44.1 Å². The molecule has 4 atom stereocenters. The van der Waals surface area contributed by atoms with Gasteiger partial charge in [0.25, 0.3) is 0 Å². The molecule has 3 heterocycles. The molecule has 2 amide bonds. The van der Waals surface area contributed by atoms with Gasteiger partial charge in [-0.1, -0.05) is 48.4 Å². The summed E-state index contributed by atoms with van der Waals surface area (Å²) in [4.78, 5) is 18.0. The number of nitrogens with one attached hydrogen (secondary N) is 1. The second-order valence-corrected chi connectivity index (χ2v) is 9.17. The van der Waals surface area contributed by atoms with Crippen molar-refractivity contribution < 1.29 is 4.79 Å². The van der Waals surface area contributed by atoms with Gasteiger partial charge in [0.05, 0.1) is 6.04 Å². The van der Waals surface area contributed by atoms with E-state index in [1.54, 1.807) is 5.57 Å². The first-order valence-corrected chi connectivity index (χ1v) is 11.3. The van der Waals surface area contributed by atoms with E-state index in [4.69, 9.17) is 0 Å². The summed E-state index contributed by atoms with van der Waals surface area (Å²) < 4.78 is 0. The smallest absolute Gasteiger partial charge is 0.317 e. The highest BCUT2D eigenvalue weighted by Crippen LogP contribution is 2.44. The number of piperidine rings is 3. The van der Waals surface area contributed by atoms with Crippen molar-refractivity contribution >= 4 is 6.03 Å². The lowest BCUT2D eigenvalue weighted by Gasteiger charge is -2.54. The second-order valence-electron chi connectivity index (χ2n) is 9.17. The Morgan fingerprint density at radius 1 is 1.11 bits per heavy atom. The summed E-state index contributed by atoms with van der Waals surface area (Å²) in [5, 5.41) is 3.21. The molecule has 4 aliphatic rings. The molecule has 0 radical (unpaired) electrons. The van der Waals surface area contributed by atoms with Gasteiger partial charge in [-0.2, -0.15) is 0 Å². The fraction of sp³-hybridized carbons (Fsp3) is 0.625. The van der Waals surface area contributed by atoms with Crippen LogP contribution in [-0.2, 0) is 6.42 Å². The Kier molecular flexibility index (Phi) is 5.15. The first kappa shape index (κ1) is 18.2. The van der Waals surface area contributed by atoms with Crippen LogP contribution in [0.4, 0.5) is 4.79 Å². The lowest BCUT2D eigenvalue weighted by Crippen LogP contribution is -2.61. The summed E-state index contributed by atoms with van der Waals surface area (Å²) in [5.74, 6) is 1.35. The molecule has 1 aliphatic carbocycles. The maximum absolute atomic E-state index is 13.1. The molecule has 0 unspecified atom stereocenters. The van der Waals surface area contributed by atoms with E-state index >= 15 is 0 Å². The molecular formula is C24H33N3O. The van der Waals surface area contributed by atoms with Crippen molar-refractivity contribution in [1.29, 1.82) is 0 Å². The molecular weight excluding hydrogens is 346 g/mol. The molecule has 2 bridgehead atoms. The van der Waals surface area contributed by atoms with Crippen molar-refractivity contribution in [1.82, 2.24) is 15.1 Å². The lowest BCUT2D eigenvalue weighted by atomic mass is 9.68. The van der Waals surface area contributed by atoms with Gasteiger partial charge in [0.1, 0.15) is 0 Å². The third-order valence-corrected chi connectivity index (χ3v) is 7.45. The summed E-state index contributed by atoms with van der Waals surface area (Å²) in [5.41, 5.74) is 2.85. The van der Waals surface area contributed by atoms with Gasteiger partial charge in [-0.15, -0.1) is 0 Å². The van der Waals surface area contributed by atoms with Gasteiger partial charge in [0, 0.05) is 25.7 Å². The van der Waals surface area contributed by atoms with E-state index in [0.717, 1.165) is 31.3 Å². The van der Waals surface area contributed by atoms with Gasteiger partial charge in [-0.3, -0.25) is 4.90 Å². The largest absolute Gasteiger partial charge is 0.338 e. The van der Waals surface area contributed by atoms with Crippen LogP contribution in [0.15, 0.2) is 42.0 Å². The van der Waals surface area contributed by atoms with E-state index in [-0.39, 0.29) is 6.03 Å². The SMILES string of the molecule is O=C(NCCc1ccccc1)N1CCCC2=C[C@@H]3C[C@H](CN4CCCC[C@H]34)[C@H]21. The Balaban J connectivity index is 1.27. The number of nitrogens with zero attached hydrogens (tertiary/aromatic N) is 2. The Morgan fingerprint density at radius 2 is 2.00 bits per heavy atom. The van der Waals surface area contributed by atoms with Gasteiger partial charge in [-0.25, -0.2) is 4.79 Å². The molecule has 150 valence electrons. The molecule has 3 saturated heterocycles. The van der Waals surface area contributed by atoms with Gasteiger partial charge in [0.15, 0.2) is 0 Å². The number of amides is 2. The van der Waals surface area contributed by atoms with Crippen LogP contribution in [0.3, 0.4) is 0 Å². The number of benzene rings is 1. The molecule has 3 fully saturated rings. The average molecular weight is 380 g/mol. The number of fused-ring (bicyclic) bond motifs is 6. The van der Waals surface area contributed by atoms with Crippen LogP contribution in [0, 0.1) is 11.8 Å². The fourth-order valence-corrected chi connectivity index (χ4v) is 6.26. The first-order chi connectivity index (χ1) is 13.8. The molecule has 3 aliphatic heterocycles. The molecule has 5 rings (SSSR count). The molecule has 1 aromatic rings. The van der Waals surface area contributed by atoms with Gasteiger partial charge < -0.3 is 10.2 Å². The predicted octanol–water partition coefficient (Wildman–Crippen LogP) is 3.83. The molecule has 4 heteroatoms. The zero-order valence-electron chi connectivity index (χ0n) is 16.9. The van der Waals surface area contributed by atoms with Crippen molar-refractivity contribution in [3.8, 4) is 0 Å². The summed E-state index contributed by atoms with van der Waals surface area (Å²) in [6, 6.07) is 11.7. The number of hydrogen-bond donors (Lipinski definition) is 1. The van der Waals surface area contributed by atoms with Crippen molar-refractivity contribution in [3.05, 3.63) is 47.5 Å². The number of likely N-dealkylation sites (tertiary alicyclic amines) is 1. The Hall–Kier alpha value is -1.81. The average Bonchev–Trinajstić information content (AvgIpc) is 2.74. The number of urea groups is 1. The summed E-state index contributed by atoms with van der Waals surface area (Å²) in [6.07, 6.45) is 11.2. The third kappa shape index (κ3) is 3.47. The highest BCUT2D eigenvalue weighted by molar-refractivity contribution is 5.75. The molecule has 28 heavy (non-hydrogen) atoms. The maximum Gasteiger partial charge on any atom is 0.317 e. The highest BCUT2D eigenvalue weighted by atomic mass is 16.2. The van der Waals surface area contributed by atoms with Gasteiger partial charge in [-0.05, 0) is 62.5 Å². The second kappa shape index (κ2) is 7.90. The van der Waals surface area contributed by atoms with Crippen LogP contribution >= 0.6 is 0 Å². The van der Waals surface area contributed by atoms with Crippen LogP contribution < -0.4 is 5.32 Å². The normalized spacial score (nSPS) is 32.1. The van der Waals surface area contributed by atoms with E-state index in [1.165, 1.54) is 50.8 Å². The van der Waals surface area contributed by atoms with Crippen molar-refractivity contribution in [2.24, 2.45) is 11.8 Å². The number of carbonyl (C=O) groups is 1. The summed E-state index contributed by atoms with van der Waals surface area (Å²) >= 11 is 0.